The predicted molar refractivity (Wildman–Crippen MR) is 101 cm³/mol. The minimum atomic E-state index is -3.33. The second-order valence-corrected chi connectivity index (χ2v) is 8.91. The van der Waals surface area contributed by atoms with E-state index in [-0.39, 0.29) is 23.6 Å². The molecule has 1 N–H and O–H groups in total. The molecule has 0 saturated carbocycles. The normalized spacial score (nSPS) is 17.0. The summed E-state index contributed by atoms with van der Waals surface area (Å²) in [6.07, 6.45) is 3.04. The van der Waals surface area contributed by atoms with Gasteiger partial charge in [0.15, 0.2) is 0 Å². The Kier molecular flexibility index (Phi) is 7.02. The first-order valence-corrected chi connectivity index (χ1v) is 10.8. The fourth-order valence-corrected chi connectivity index (χ4v) is 4.76. The monoisotopic (exact) mass is 366 g/mol. The Morgan fingerprint density at radius 3 is 2.24 bits per heavy atom. The van der Waals surface area contributed by atoms with Crippen molar-refractivity contribution in [2.45, 2.75) is 58.2 Å². The molecule has 0 aromatic heterocycles. The van der Waals surface area contributed by atoms with Crippen LogP contribution in [-0.4, -0.2) is 37.8 Å². The highest BCUT2D eigenvalue weighted by Crippen LogP contribution is 2.22. The molecule has 0 spiro atoms. The van der Waals surface area contributed by atoms with Gasteiger partial charge in [-0.3, -0.25) is 4.79 Å². The summed E-state index contributed by atoms with van der Waals surface area (Å²) in [4.78, 5) is 12.3. The summed E-state index contributed by atoms with van der Waals surface area (Å²) < 4.78 is 26.8. The van der Waals surface area contributed by atoms with E-state index >= 15 is 0 Å². The SMILES string of the molecule is CCC(CC)NC(=O)C1CCN(S(=O)(=O)Cc2ccc(C)cc2)CC1. The number of sulfonamides is 1. The smallest absolute Gasteiger partial charge is 0.223 e. The molecule has 5 nitrogen and oxygen atoms in total. The molecule has 1 amide bonds. The molecule has 0 radical (unpaired) electrons. The summed E-state index contributed by atoms with van der Waals surface area (Å²) in [5.74, 6) is 0.0217. The van der Waals surface area contributed by atoms with E-state index in [2.05, 4.69) is 19.2 Å². The average molecular weight is 367 g/mol. The van der Waals surface area contributed by atoms with Crippen molar-refractivity contribution in [2.75, 3.05) is 13.1 Å². The van der Waals surface area contributed by atoms with E-state index in [0.29, 0.717) is 25.9 Å². The van der Waals surface area contributed by atoms with Crippen molar-refractivity contribution in [3.8, 4) is 0 Å². The fourth-order valence-electron chi connectivity index (χ4n) is 3.19. The summed E-state index contributed by atoms with van der Waals surface area (Å²) in [6.45, 7) is 6.96. The van der Waals surface area contributed by atoms with Crippen molar-refractivity contribution in [1.29, 1.82) is 0 Å². The third-order valence-electron chi connectivity index (χ3n) is 5.02. The van der Waals surface area contributed by atoms with Crippen molar-refractivity contribution >= 4 is 15.9 Å². The first-order valence-electron chi connectivity index (χ1n) is 9.19. The molecule has 0 unspecified atom stereocenters. The molecule has 0 aliphatic carbocycles. The van der Waals surface area contributed by atoms with Crippen LogP contribution in [0.15, 0.2) is 24.3 Å². The highest BCUT2D eigenvalue weighted by atomic mass is 32.2. The topological polar surface area (TPSA) is 66.5 Å². The second kappa shape index (κ2) is 8.81. The molecule has 25 heavy (non-hydrogen) atoms. The van der Waals surface area contributed by atoms with Crippen LogP contribution in [0, 0.1) is 12.8 Å². The molecule has 1 saturated heterocycles. The number of hydrogen-bond donors (Lipinski definition) is 1. The van der Waals surface area contributed by atoms with Crippen molar-refractivity contribution in [3.63, 3.8) is 0 Å². The third-order valence-corrected chi connectivity index (χ3v) is 6.87. The Bertz CT molecular complexity index is 658. The lowest BCUT2D eigenvalue weighted by molar-refractivity contribution is -0.126. The van der Waals surface area contributed by atoms with Gasteiger partial charge in [-0.1, -0.05) is 43.7 Å². The van der Waals surface area contributed by atoms with E-state index in [9.17, 15) is 13.2 Å². The minimum Gasteiger partial charge on any atom is -0.353 e. The van der Waals surface area contributed by atoms with Crippen LogP contribution in [0.1, 0.15) is 50.7 Å². The predicted octanol–water partition coefficient (Wildman–Crippen LogP) is 2.84. The van der Waals surface area contributed by atoms with Crippen LogP contribution in [0.25, 0.3) is 0 Å². The molecular formula is C19H30N2O3S. The van der Waals surface area contributed by atoms with Gasteiger partial charge in [0.2, 0.25) is 15.9 Å². The molecule has 2 rings (SSSR count). The first kappa shape index (κ1) is 19.9. The second-order valence-electron chi connectivity index (χ2n) is 6.94. The highest BCUT2D eigenvalue weighted by molar-refractivity contribution is 7.88. The number of carbonyl (C=O) groups is 1. The summed E-state index contributed by atoms with van der Waals surface area (Å²) in [7, 11) is -3.33. The quantitative estimate of drug-likeness (QED) is 0.807. The van der Waals surface area contributed by atoms with Gasteiger partial charge in [0.1, 0.15) is 0 Å². The van der Waals surface area contributed by atoms with E-state index in [1.165, 1.54) is 4.31 Å². The van der Waals surface area contributed by atoms with Crippen LogP contribution in [0.2, 0.25) is 0 Å². The van der Waals surface area contributed by atoms with Crippen molar-refractivity contribution in [2.24, 2.45) is 5.92 Å². The first-order chi connectivity index (χ1) is 11.9. The van der Waals surface area contributed by atoms with E-state index in [0.717, 1.165) is 24.0 Å². The highest BCUT2D eigenvalue weighted by Gasteiger charge is 2.31. The maximum atomic E-state index is 12.6. The molecule has 6 heteroatoms. The van der Waals surface area contributed by atoms with Gasteiger partial charge in [-0.05, 0) is 38.2 Å². The zero-order chi connectivity index (χ0) is 18.4. The molecule has 0 bridgehead atoms. The lowest BCUT2D eigenvalue weighted by atomic mass is 9.96. The van der Waals surface area contributed by atoms with Gasteiger partial charge in [0, 0.05) is 25.0 Å². The zero-order valence-corrected chi connectivity index (χ0v) is 16.3. The van der Waals surface area contributed by atoms with Crippen LogP contribution in [-0.2, 0) is 20.6 Å². The van der Waals surface area contributed by atoms with Gasteiger partial charge in [-0.2, -0.15) is 0 Å². The standard InChI is InChI=1S/C19H30N2O3S/c1-4-18(5-2)20-19(22)17-10-12-21(13-11-17)25(23,24)14-16-8-6-15(3)7-9-16/h6-9,17-18H,4-5,10-14H2,1-3H3,(H,20,22). The van der Waals surface area contributed by atoms with Gasteiger partial charge < -0.3 is 5.32 Å². The van der Waals surface area contributed by atoms with Crippen molar-refractivity contribution < 1.29 is 13.2 Å². The average Bonchev–Trinajstić information content (AvgIpc) is 2.61. The Balaban J connectivity index is 1.90. The minimum absolute atomic E-state index is 0.0257. The third kappa shape index (κ3) is 5.54. The summed E-state index contributed by atoms with van der Waals surface area (Å²) in [6, 6.07) is 7.81. The number of aryl methyl sites for hydroxylation is 1. The molecule has 0 atom stereocenters. The number of nitrogens with zero attached hydrogens (tertiary/aromatic N) is 1. The van der Waals surface area contributed by atoms with Gasteiger partial charge >= 0.3 is 0 Å². The van der Waals surface area contributed by atoms with Gasteiger partial charge in [0.05, 0.1) is 5.75 Å². The molecule has 1 aliphatic heterocycles. The van der Waals surface area contributed by atoms with E-state index in [1.807, 2.05) is 31.2 Å². The lowest BCUT2D eigenvalue weighted by Gasteiger charge is -2.31. The van der Waals surface area contributed by atoms with Crippen LogP contribution < -0.4 is 5.32 Å². The molecule has 1 fully saturated rings. The summed E-state index contributed by atoms with van der Waals surface area (Å²) in [5, 5.41) is 3.08. The van der Waals surface area contributed by atoms with E-state index in [1.54, 1.807) is 0 Å². The van der Waals surface area contributed by atoms with Crippen molar-refractivity contribution in [3.05, 3.63) is 35.4 Å². The molecule has 1 heterocycles. The van der Waals surface area contributed by atoms with Crippen molar-refractivity contribution in [1.82, 2.24) is 9.62 Å². The maximum Gasteiger partial charge on any atom is 0.223 e. The number of amides is 1. The fraction of sp³-hybridized carbons (Fsp3) is 0.632. The van der Waals surface area contributed by atoms with Gasteiger partial charge in [0.25, 0.3) is 0 Å². The van der Waals surface area contributed by atoms with E-state index in [4.69, 9.17) is 0 Å². The number of piperidine rings is 1. The number of carbonyl (C=O) groups excluding carboxylic acids is 1. The number of rotatable bonds is 7. The number of hydrogen-bond acceptors (Lipinski definition) is 3. The Morgan fingerprint density at radius 1 is 1.16 bits per heavy atom. The lowest BCUT2D eigenvalue weighted by Crippen LogP contribution is -2.45. The Morgan fingerprint density at radius 2 is 1.72 bits per heavy atom. The Hall–Kier alpha value is -1.40. The number of nitrogens with one attached hydrogen (secondary N) is 1. The summed E-state index contributed by atoms with van der Waals surface area (Å²) in [5.41, 5.74) is 1.92. The molecule has 1 aliphatic rings. The molecule has 140 valence electrons. The van der Waals surface area contributed by atoms with E-state index < -0.39 is 10.0 Å². The van der Waals surface area contributed by atoms with Crippen LogP contribution in [0.4, 0.5) is 0 Å². The number of benzene rings is 1. The van der Waals surface area contributed by atoms with Crippen LogP contribution in [0.5, 0.6) is 0 Å². The summed E-state index contributed by atoms with van der Waals surface area (Å²) >= 11 is 0. The molecular weight excluding hydrogens is 336 g/mol. The Labute approximate surface area is 151 Å². The van der Waals surface area contributed by atoms with Gasteiger partial charge in [-0.25, -0.2) is 12.7 Å². The van der Waals surface area contributed by atoms with Crippen LogP contribution >= 0.6 is 0 Å². The maximum absolute atomic E-state index is 12.6. The van der Waals surface area contributed by atoms with Gasteiger partial charge in [-0.15, -0.1) is 0 Å². The largest absolute Gasteiger partial charge is 0.353 e. The van der Waals surface area contributed by atoms with Crippen LogP contribution in [0.3, 0.4) is 0 Å². The zero-order valence-electron chi connectivity index (χ0n) is 15.5. The molecule has 1 aromatic carbocycles. The molecule has 1 aromatic rings.